The highest BCUT2D eigenvalue weighted by atomic mass is 16.2. The van der Waals surface area contributed by atoms with Gasteiger partial charge in [0.25, 0.3) is 5.91 Å². The van der Waals surface area contributed by atoms with Crippen molar-refractivity contribution in [3.05, 3.63) is 54.2 Å². The van der Waals surface area contributed by atoms with E-state index < -0.39 is 18.0 Å². The maximum absolute atomic E-state index is 12.5. The summed E-state index contributed by atoms with van der Waals surface area (Å²) >= 11 is 0. The minimum atomic E-state index is -0.782. The van der Waals surface area contributed by atoms with Crippen LogP contribution in [0.3, 0.4) is 0 Å². The van der Waals surface area contributed by atoms with Crippen LogP contribution in [0, 0.1) is 0 Å². The molecule has 1 aliphatic heterocycles. The summed E-state index contributed by atoms with van der Waals surface area (Å²) in [5.74, 6) is -0.815. The Bertz CT molecular complexity index is 725. The summed E-state index contributed by atoms with van der Waals surface area (Å²) in [4.78, 5) is 38.0. The topological polar surface area (TPSA) is 78.5 Å². The van der Waals surface area contributed by atoms with Crippen LogP contribution in [0.25, 0.3) is 5.57 Å². The lowest BCUT2D eigenvalue weighted by Crippen LogP contribution is -2.51. The largest absolute Gasteiger partial charge is 0.345 e. The van der Waals surface area contributed by atoms with E-state index in [1.807, 2.05) is 43.3 Å². The summed E-state index contributed by atoms with van der Waals surface area (Å²) < 4.78 is 0. The lowest BCUT2D eigenvalue weighted by atomic mass is 10.1. The van der Waals surface area contributed by atoms with Gasteiger partial charge in [0.1, 0.15) is 12.1 Å². The molecule has 1 unspecified atom stereocenters. The van der Waals surface area contributed by atoms with Crippen LogP contribution in [-0.4, -0.2) is 41.8 Å². The maximum Gasteiger partial charge on any atom is 0.252 e. The zero-order valence-corrected chi connectivity index (χ0v) is 15.4. The van der Waals surface area contributed by atoms with Crippen molar-refractivity contribution in [3.63, 3.8) is 0 Å². The van der Waals surface area contributed by atoms with Crippen LogP contribution < -0.4 is 10.6 Å². The molecule has 6 nitrogen and oxygen atoms in total. The minimum Gasteiger partial charge on any atom is -0.345 e. The molecule has 3 amide bonds. The fourth-order valence-corrected chi connectivity index (χ4v) is 2.61. The first-order chi connectivity index (χ1) is 12.4. The van der Waals surface area contributed by atoms with Crippen LogP contribution in [0.1, 0.15) is 32.3 Å². The summed E-state index contributed by atoms with van der Waals surface area (Å²) in [6.07, 6.45) is 6.31. The number of allylic oxidation sites excluding steroid dienone is 2. The average molecular weight is 355 g/mol. The Kier molecular flexibility index (Phi) is 6.72. The summed E-state index contributed by atoms with van der Waals surface area (Å²) in [5.41, 5.74) is 1.86. The van der Waals surface area contributed by atoms with Crippen molar-refractivity contribution in [1.29, 1.82) is 0 Å². The molecule has 0 spiro atoms. The molecule has 1 aliphatic rings. The fourth-order valence-electron chi connectivity index (χ4n) is 2.61. The van der Waals surface area contributed by atoms with Gasteiger partial charge in [0.15, 0.2) is 0 Å². The van der Waals surface area contributed by atoms with E-state index in [4.69, 9.17) is 0 Å². The SMILES string of the molecule is CCCC(=O)N[C@@H](C)C(=O)NC1C=CC(c2ccccc2)=CN(C)C1=O. The molecule has 0 bridgehead atoms. The molecule has 26 heavy (non-hydrogen) atoms. The van der Waals surface area contributed by atoms with Gasteiger partial charge >= 0.3 is 0 Å². The lowest BCUT2D eigenvalue weighted by Gasteiger charge is -2.21. The van der Waals surface area contributed by atoms with Crippen LogP contribution in [-0.2, 0) is 14.4 Å². The van der Waals surface area contributed by atoms with Crippen LogP contribution in [0.15, 0.2) is 48.7 Å². The summed E-state index contributed by atoms with van der Waals surface area (Å²) in [5, 5.41) is 5.33. The highest BCUT2D eigenvalue weighted by Gasteiger charge is 2.25. The lowest BCUT2D eigenvalue weighted by molar-refractivity contribution is -0.133. The molecule has 2 rings (SSSR count). The average Bonchev–Trinajstić information content (AvgIpc) is 2.76. The van der Waals surface area contributed by atoms with Crippen LogP contribution in [0.5, 0.6) is 0 Å². The summed E-state index contributed by atoms with van der Waals surface area (Å²) in [7, 11) is 1.66. The van der Waals surface area contributed by atoms with E-state index in [2.05, 4.69) is 10.6 Å². The first-order valence-electron chi connectivity index (χ1n) is 8.74. The van der Waals surface area contributed by atoms with Crippen molar-refractivity contribution in [1.82, 2.24) is 15.5 Å². The molecule has 1 aromatic carbocycles. The molecule has 0 saturated heterocycles. The molecule has 1 heterocycles. The minimum absolute atomic E-state index is 0.178. The molecule has 138 valence electrons. The Balaban J connectivity index is 2.07. The molecular weight excluding hydrogens is 330 g/mol. The number of hydrogen-bond donors (Lipinski definition) is 2. The van der Waals surface area contributed by atoms with E-state index in [1.54, 1.807) is 26.2 Å². The number of nitrogens with one attached hydrogen (secondary N) is 2. The van der Waals surface area contributed by atoms with Gasteiger partial charge in [-0.25, -0.2) is 0 Å². The highest BCUT2D eigenvalue weighted by molar-refractivity contribution is 5.95. The molecule has 0 radical (unpaired) electrons. The number of rotatable bonds is 6. The number of carbonyl (C=O) groups excluding carboxylic acids is 3. The van der Waals surface area contributed by atoms with Crippen molar-refractivity contribution in [2.45, 2.75) is 38.8 Å². The third-order valence-corrected chi connectivity index (χ3v) is 4.07. The van der Waals surface area contributed by atoms with Gasteiger partial charge in [0.2, 0.25) is 11.8 Å². The molecule has 2 atom stereocenters. The van der Waals surface area contributed by atoms with Gasteiger partial charge in [-0.15, -0.1) is 0 Å². The molecule has 0 fully saturated rings. The summed E-state index contributed by atoms with van der Waals surface area (Å²) in [6.45, 7) is 3.50. The Morgan fingerprint density at radius 2 is 1.92 bits per heavy atom. The van der Waals surface area contributed by atoms with E-state index in [-0.39, 0.29) is 11.8 Å². The Morgan fingerprint density at radius 1 is 1.23 bits per heavy atom. The van der Waals surface area contributed by atoms with Crippen molar-refractivity contribution in [2.75, 3.05) is 7.05 Å². The highest BCUT2D eigenvalue weighted by Crippen LogP contribution is 2.19. The van der Waals surface area contributed by atoms with Gasteiger partial charge in [-0.3, -0.25) is 14.4 Å². The third-order valence-electron chi connectivity index (χ3n) is 4.07. The van der Waals surface area contributed by atoms with Crippen molar-refractivity contribution in [2.24, 2.45) is 0 Å². The van der Waals surface area contributed by atoms with Gasteiger partial charge in [-0.05, 0) is 24.5 Å². The molecule has 0 aliphatic carbocycles. The zero-order valence-electron chi connectivity index (χ0n) is 15.4. The number of amides is 3. The van der Waals surface area contributed by atoms with E-state index in [0.717, 1.165) is 11.1 Å². The number of likely N-dealkylation sites (N-methyl/N-ethyl adjacent to an activating group) is 1. The Labute approximate surface area is 153 Å². The van der Waals surface area contributed by atoms with Gasteiger partial charge in [-0.2, -0.15) is 0 Å². The van der Waals surface area contributed by atoms with Crippen molar-refractivity contribution in [3.8, 4) is 0 Å². The first kappa shape index (κ1) is 19.4. The quantitative estimate of drug-likeness (QED) is 0.817. The van der Waals surface area contributed by atoms with E-state index in [1.165, 1.54) is 4.90 Å². The van der Waals surface area contributed by atoms with Crippen molar-refractivity contribution < 1.29 is 14.4 Å². The molecule has 1 aromatic rings. The predicted molar refractivity (Wildman–Crippen MR) is 101 cm³/mol. The maximum atomic E-state index is 12.5. The normalized spacial score (nSPS) is 18.0. The van der Waals surface area contributed by atoms with Gasteiger partial charge in [0, 0.05) is 19.7 Å². The second-order valence-corrected chi connectivity index (χ2v) is 6.28. The van der Waals surface area contributed by atoms with E-state index >= 15 is 0 Å². The predicted octanol–water partition coefficient (Wildman–Crippen LogP) is 1.85. The van der Waals surface area contributed by atoms with Gasteiger partial charge in [0.05, 0.1) is 0 Å². The molecule has 0 saturated carbocycles. The number of hydrogen-bond acceptors (Lipinski definition) is 3. The third kappa shape index (κ3) is 5.05. The van der Waals surface area contributed by atoms with Crippen LogP contribution in [0.2, 0.25) is 0 Å². The Hall–Kier alpha value is -2.89. The van der Waals surface area contributed by atoms with E-state index in [0.29, 0.717) is 12.8 Å². The Morgan fingerprint density at radius 3 is 2.58 bits per heavy atom. The summed E-state index contributed by atoms with van der Waals surface area (Å²) in [6, 6.07) is 8.21. The van der Waals surface area contributed by atoms with Gasteiger partial charge in [-0.1, -0.05) is 49.4 Å². The van der Waals surface area contributed by atoms with Crippen LogP contribution in [0.4, 0.5) is 0 Å². The second kappa shape index (κ2) is 8.99. The standard InChI is InChI=1S/C20H25N3O3/c1-4-8-18(24)21-14(2)19(25)22-17-12-11-16(13-23(3)20(17)26)15-9-6-5-7-10-15/h5-7,9-14,17H,4,8H2,1-3H3,(H,21,24)(H,22,25)/t14-,17?/m0/s1. The molecule has 2 N–H and O–H groups in total. The van der Waals surface area contributed by atoms with Gasteiger partial charge < -0.3 is 15.5 Å². The second-order valence-electron chi connectivity index (χ2n) is 6.28. The smallest absolute Gasteiger partial charge is 0.252 e. The number of carbonyl (C=O) groups is 3. The molecule has 0 aromatic heterocycles. The molecule has 6 heteroatoms. The zero-order chi connectivity index (χ0) is 19.1. The first-order valence-corrected chi connectivity index (χ1v) is 8.74. The monoisotopic (exact) mass is 355 g/mol. The number of benzene rings is 1. The molecular formula is C20H25N3O3. The number of nitrogens with zero attached hydrogens (tertiary/aromatic N) is 1. The van der Waals surface area contributed by atoms with Crippen molar-refractivity contribution >= 4 is 23.3 Å². The van der Waals surface area contributed by atoms with E-state index in [9.17, 15) is 14.4 Å². The fraction of sp³-hybridized carbons (Fsp3) is 0.350. The van der Waals surface area contributed by atoms with Crippen LogP contribution >= 0.6 is 0 Å².